The molecule has 0 amide bonds. The van der Waals surface area contributed by atoms with Crippen LogP contribution in [0.3, 0.4) is 0 Å². The first-order valence-electron chi connectivity index (χ1n) is 6.34. The third kappa shape index (κ3) is 3.40. The van der Waals surface area contributed by atoms with E-state index < -0.39 is 25.9 Å². The van der Waals surface area contributed by atoms with E-state index in [0.29, 0.717) is 12.0 Å². The van der Waals surface area contributed by atoms with Gasteiger partial charge in [0.2, 0.25) is 10.0 Å². The van der Waals surface area contributed by atoms with E-state index in [2.05, 4.69) is 0 Å². The molecule has 118 valence electrons. The summed E-state index contributed by atoms with van der Waals surface area (Å²) in [5.41, 5.74) is 6.14. The summed E-state index contributed by atoms with van der Waals surface area (Å²) >= 11 is 5.99. The number of halogens is 1. The van der Waals surface area contributed by atoms with Gasteiger partial charge >= 0.3 is 0 Å². The number of hydrogen-bond acceptors (Lipinski definition) is 5. The molecule has 0 aliphatic carbocycles. The Bertz CT molecular complexity index is 747. The molecule has 1 aliphatic rings. The smallest absolute Gasteiger partial charge is 0.243 e. The summed E-state index contributed by atoms with van der Waals surface area (Å²) in [5, 5.41) is 0.283. The Hall–Kier alpha value is -0.670. The minimum Gasteiger partial charge on any atom is -0.326 e. The standard InChI is InChI=1S/C12H17ClN2O4S2/c1-15(10-4-5-20(16,17)8-10)21(18,19)11-3-2-9(7-14)12(13)6-11/h2-3,6,10H,4-5,7-8,14H2,1H3. The number of nitrogens with two attached hydrogens (primary N) is 1. The lowest BCUT2D eigenvalue weighted by Gasteiger charge is -2.23. The summed E-state index contributed by atoms with van der Waals surface area (Å²) in [5.74, 6) is -0.123. The van der Waals surface area contributed by atoms with Gasteiger partial charge in [-0.1, -0.05) is 17.7 Å². The lowest BCUT2D eigenvalue weighted by molar-refractivity contribution is 0.394. The molecule has 9 heteroatoms. The molecule has 1 fully saturated rings. The number of hydrogen-bond donors (Lipinski definition) is 1. The van der Waals surface area contributed by atoms with Crippen molar-refractivity contribution in [2.45, 2.75) is 23.9 Å². The molecule has 0 aromatic heterocycles. The highest BCUT2D eigenvalue weighted by Crippen LogP contribution is 2.26. The second-order valence-corrected chi connectivity index (χ2v) is 9.67. The van der Waals surface area contributed by atoms with E-state index in [1.54, 1.807) is 6.07 Å². The Morgan fingerprint density at radius 2 is 2.10 bits per heavy atom. The van der Waals surface area contributed by atoms with Crippen LogP contribution >= 0.6 is 11.6 Å². The molecule has 1 saturated heterocycles. The molecule has 21 heavy (non-hydrogen) atoms. The summed E-state index contributed by atoms with van der Waals surface area (Å²) in [7, 11) is -5.53. The van der Waals surface area contributed by atoms with Crippen LogP contribution in [0.15, 0.2) is 23.1 Å². The SMILES string of the molecule is CN(C1CCS(=O)(=O)C1)S(=O)(=O)c1ccc(CN)c(Cl)c1. The highest BCUT2D eigenvalue weighted by Gasteiger charge is 2.36. The van der Waals surface area contributed by atoms with Crippen LogP contribution in [0.25, 0.3) is 0 Å². The van der Waals surface area contributed by atoms with Crippen molar-refractivity contribution in [2.24, 2.45) is 5.73 Å². The highest BCUT2D eigenvalue weighted by atomic mass is 35.5. The van der Waals surface area contributed by atoms with Gasteiger partial charge in [0.25, 0.3) is 0 Å². The van der Waals surface area contributed by atoms with Gasteiger partial charge in [-0.15, -0.1) is 0 Å². The van der Waals surface area contributed by atoms with Crippen LogP contribution in [-0.4, -0.2) is 45.7 Å². The minimum atomic E-state index is -3.78. The van der Waals surface area contributed by atoms with Crippen LogP contribution in [0, 0.1) is 0 Å². The van der Waals surface area contributed by atoms with E-state index in [1.165, 1.54) is 19.2 Å². The molecule has 6 nitrogen and oxygen atoms in total. The fraction of sp³-hybridized carbons (Fsp3) is 0.500. The van der Waals surface area contributed by atoms with Gasteiger partial charge in [-0.25, -0.2) is 16.8 Å². The molecule has 0 radical (unpaired) electrons. The van der Waals surface area contributed by atoms with Crippen molar-refractivity contribution in [1.82, 2.24) is 4.31 Å². The van der Waals surface area contributed by atoms with Crippen LogP contribution in [0.1, 0.15) is 12.0 Å². The average Bonchev–Trinajstić information content (AvgIpc) is 2.77. The van der Waals surface area contributed by atoms with Gasteiger partial charge in [-0.3, -0.25) is 0 Å². The maximum absolute atomic E-state index is 12.5. The summed E-state index contributed by atoms with van der Waals surface area (Å²) in [6, 6.07) is 3.81. The van der Waals surface area contributed by atoms with E-state index in [1.807, 2.05) is 0 Å². The number of sulfone groups is 1. The number of rotatable bonds is 4. The molecule has 1 aromatic rings. The van der Waals surface area contributed by atoms with Crippen LogP contribution in [-0.2, 0) is 26.4 Å². The molecule has 0 bridgehead atoms. The third-order valence-corrected chi connectivity index (χ3v) is 7.65. The van der Waals surface area contributed by atoms with Crippen molar-refractivity contribution in [3.63, 3.8) is 0 Å². The van der Waals surface area contributed by atoms with Crippen LogP contribution in [0.2, 0.25) is 5.02 Å². The van der Waals surface area contributed by atoms with Gasteiger partial charge in [0.15, 0.2) is 9.84 Å². The van der Waals surface area contributed by atoms with Crippen molar-refractivity contribution in [2.75, 3.05) is 18.6 Å². The second-order valence-electron chi connectivity index (χ2n) is 5.04. The van der Waals surface area contributed by atoms with Crippen LogP contribution < -0.4 is 5.73 Å². The largest absolute Gasteiger partial charge is 0.326 e. The zero-order chi connectivity index (χ0) is 15.8. The first-order chi connectivity index (χ1) is 9.67. The molecule has 2 rings (SSSR count). The fourth-order valence-electron chi connectivity index (χ4n) is 2.28. The molecule has 1 aliphatic heterocycles. The Kier molecular flexibility index (Phi) is 4.65. The predicted molar refractivity (Wildman–Crippen MR) is 81.4 cm³/mol. The molecule has 2 N–H and O–H groups in total. The predicted octanol–water partition coefficient (Wildman–Crippen LogP) is 0.606. The van der Waals surface area contributed by atoms with Crippen LogP contribution in [0.4, 0.5) is 0 Å². The number of sulfonamides is 1. The summed E-state index contributed by atoms with van der Waals surface area (Å²) in [6.45, 7) is 0.218. The van der Waals surface area contributed by atoms with E-state index in [9.17, 15) is 16.8 Å². The minimum absolute atomic E-state index is 0.0182. The van der Waals surface area contributed by atoms with Crippen molar-refractivity contribution in [3.8, 4) is 0 Å². The van der Waals surface area contributed by atoms with Crippen LogP contribution in [0.5, 0.6) is 0 Å². The molecule has 1 heterocycles. The Balaban J connectivity index is 2.31. The van der Waals surface area contributed by atoms with Crippen molar-refractivity contribution in [1.29, 1.82) is 0 Å². The van der Waals surface area contributed by atoms with E-state index >= 15 is 0 Å². The lowest BCUT2D eigenvalue weighted by Crippen LogP contribution is -2.37. The van der Waals surface area contributed by atoms with Gasteiger partial charge in [0.1, 0.15) is 0 Å². The summed E-state index contributed by atoms with van der Waals surface area (Å²) in [4.78, 5) is 0.0384. The summed E-state index contributed by atoms with van der Waals surface area (Å²) in [6.07, 6.45) is 0.312. The van der Waals surface area contributed by atoms with Gasteiger partial charge in [0.05, 0.1) is 16.4 Å². The molecule has 0 spiro atoms. The lowest BCUT2D eigenvalue weighted by atomic mass is 10.2. The van der Waals surface area contributed by atoms with Crippen molar-refractivity contribution < 1.29 is 16.8 Å². The van der Waals surface area contributed by atoms with Gasteiger partial charge in [0, 0.05) is 24.7 Å². The maximum atomic E-state index is 12.5. The second kappa shape index (κ2) is 5.85. The Morgan fingerprint density at radius 3 is 2.57 bits per heavy atom. The molecule has 1 aromatic carbocycles. The molecule has 1 atom stereocenters. The van der Waals surface area contributed by atoms with Gasteiger partial charge in [-0.2, -0.15) is 4.31 Å². The van der Waals surface area contributed by atoms with Gasteiger partial charge < -0.3 is 5.73 Å². The normalized spacial score (nSPS) is 21.8. The Morgan fingerprint density at radius 1 is 1.43 bits per heavy atom. The number of benzene rings is 1. The highest BCUT2D eigenvalue weighted by molar-refractivity contribution is 7.92. The first kappa shape index (κ1) is 16.7. The van der Waals surface area contributed by atoms with Crippen molar-refractivity contribution in [3.05, 3.63) is 28.8 Å². The summed E-state index contributed by atoms with van der Waals surface area (Å²) < 4.78 is 49.1. The molecular weight excluding hydrogens is 336 g/mol. The van der Waals surface area contributed by atoms with E-state index in [0.717, 1.165) is 4.31 Å². The number of nitrogens with zero attached hydrogens (tertiary/aromatic N) is 1. The first-order valence-corrected chi connectivity index (χ1v) is 9.98. The maximum Gasteiger partial charge on any atom is 0.243 e. The third-order valence-electron chi connectivity index (χ3n) is 3.64. The zero-order valence-electron chi connectivity index (χ0n) is 11.5. The molecule has 0 saturated carbocycles. The molecular formula is C12H17ClN2O4S2. The Labute approximate surface area is 129 Å². The monoisotopic (exact) mass is 352 g/mol. The average molecular weight is 353 g/mol. The van der Waals surface area contributed by atoms with E-state index in [4.69, 9.17) is 17.3 Å². The fourth-order valence-corrected chi connectivity index (χ4v) is 5.88. The van der Waals surface area contributed by atoms with E-state index in [-0.39, 0.29) is 28.0 Å². The zero-order valence-corrected chi connectivity index (χ0v) is 13.9. The van der Waals surface area contributed by atoms with Gasteiger partial charge in [-0.05, 0) is 24.1 Å². The topological polar surface area (TPSA) is 97.5 Å². The van der Waals surface area contributed by atoms with Crippen molar-refractivity contribution >= 4 is 31.5 Å². The molecule has 1 unspecified atom stereocenters. The quantitative estimate of drug-likeness (QED) is 0.856.